The lowest BCUT2D eigenvalue weighted by Gasteiger charge is -2.20. The number of hydrogen-bond donors (Lipinski definition) is 5. The molecular formula is C44H76NO12P. The molecule has 0 aliphatic heterocycles. The first-order valence-electron chi connectivity index (χ1n) is 21.5. The highest BCUT2D eigenvalue weighted by molar-refractivity contribution is 7.47. The Balaban J connectivity index is 4.54. The van der Waals surface area contributed by atoms with Gasteiger partial charge in [-0.3, -0.25) is 23.4 Å². The molecule has 1 unspecified atom stereocenters. The maximum atomic E-state index is 12.6. The predicted molar refractivity (Wildman–Crippen MR) is 229 cm³/mol. The van der Waals surface area contributed by atoms with E-state index < -0.39 is 69.9 Å². The molecular weight excluding hydrogens is 765 g/mol. The van der Waals surface area contributed by atoms with E-state index in [4.69, 9.17) is 24.8 Å². The van der Waals surface area contributed by atoms with Gasteiger partial charge in [0.05, 0.1) is 25.4 Å². The summed E-state index contributed by atoms with van der Waals surface area (Å²) in [6.45, 7) is 2.43. The Morgan fingerprint density at radius 2 is 1.14 bits per heavy atom. The van der Waals surface area contributed by atoms with Crippen LogP contribution >= 0.6 is 7.82 Å². The molecule has 0 bridgehead atoms. The van der Waals surface area contributed by atoms with Crippen LogP contribution in [0.3, 0.4) is 0 Å². The van der Waals surface area contributed by atoms with Gasteiger partial charge in [-0.1, -0.05) is 126 Å². The molecule has 0 aromatic heterocycles. The standard InChI is InChI=1S/C44H76NO12P/c1-3-5-7-9-11-12-13-14-15-16-17-18-19-20-21-25-30-34-43(49)57-38(36-55-58(52,53)56-37-39(45)44(50)51)35-54-42(48)33-29-26-22-24-28-32-41(47)40(46)31-27-23-10-8-6-4-2/h5,7,11-12,14-15,17-18,23,27,38-41,46-47H,3-4,6,8-10,13,16,19-22,24-26,28-37,45H2,1-2H3,(H,50,51)(H,52,53)/b7-5-,12-11-,15-14-,18-17-,27-23-/t38-,39+,40-,41-/m1/s1. The zero-order chi connectivity index (χ0) is 43.1. The van der Waals surface area contributed by atoms with E-state index in [-0.39, 0.29) is 12.8 Å². The first-order chi connectivity index (χ1) is 27.9. The first kappa shape index (κ1) is 55.1. The van der Waals surface area contributed by atoms with Gasteiger partial charge in [-0.15, -0.1) is 0 Å². The average molecular weight is 842 g/mol. The Labute approximate surface area is 348 Å². The Kier molecular flexibility index (Phi) is 36.4. The molecule has 0 amide bonds. The van der Waals surface area contributed by atoms with Crippen LogP contribution in [0.1, 0.15) is 155 Å². The van der Waals surface area contributed by atoms with Gasteiger partial charge in [-0.25, -0.2) is 4.57 Å². The van der Waals surface area contributed by atoms with E-state index in [1.807, 2.05) is 6.08 Å². The number of rotatable bonds is 39. The Morgan fingerprint density at radius 1 is 0.621 bits per heavy atom. The number of carboxylic acids is 1. The van der Waals surface area contributed by atoms with Crippen molar-refractivity contribution in [2.45, 2.75) is 179 Å². The van der Waals surface area contributed by atoms with E-state index in [0.29, 0.717) is 25.7 Å². The van der Waals surface area contributed by atoms with Crippen LogP contribution in [0.2, 0.25) is 0 Å². The van der Waals surface area contributed by atoms with Gasteiger partial charge in [0.2, 0.25) is 0 Å². The van der Waals surface area contributed by atoms with Crippen LogP contribution in [-0.2, 0) is 37.5 Å². The summed E-state index contributed by atoms with van der Waals surface area (Å²) in [5, 5.41) is 29.3. The number of phosphoric acid groups is 1. The molecule has 0 saturated heterocycles. The number of nitrogens with two attached hydrogens (primary N) is 1. The van der Waals surface area contributed by atoms with Crippen molar-refractivity contribution < 1.29 is 57.7 Å². The van der Waals surface area contributed by atoms with Gasteiger partial charge in [0.15, 0.2) is 6.10 Å². The van der Waals surface area contributed by atoms with Crippen molar-refractivity contribution in [1.29, 1.82) is 0 Å². The molecule has 58 heavy (non-hydrogen) atoms. The quantitative estimate of drug-likeness (QED) is 0.0169. The van der Waals surface area contributed by atoms with Crippen molar-refractivity contribution in [3.05, 3.63) is 60.8 Å². The van der Waals surface area contributed by atoms with E-state index >= 15 is 0 Å². The summed E-state index contributed by atoms with van der Waals surface area (Å²) in [4.78, 5) is 46.0. The van der Waals surface area contributed by atoms with E-state index in [1.165, 1.54) is 6.42 Å². The minimum absolute atomic E-state index is 0.0985. The second kappa shape index (κ2) is 38.3. The minimum Gasteiger partial charge on any atom is -0.480 e. The lowest BCUT2D eigenvalue weighted by atomic mass is 10.0. The van der Waals surface area contributed by atoms with Gasteiger partial charge in [-0.2, -0.15) is 0 Å². The van der Waals surface area contributed by atoms with E-state index in [1.54, 1.807) is 0 Å². The number of aliphatic hydroxyl groups is 2. The zero-order valence-corrected chi connectivity index (χ0v) is 36.2. The van der Waals surface area contributed by atoms with Crippen molar-refractivity contribution >= 4 is 25.7 Å². The number of aliphatic hydroxyl groups excluding tert-OH is 2. The molecule has 0 rings (SSSR count). The maximum absolute atomic E-state index is 12.6. The molecule has 0 spiro atoms. The summed E-state index contributed by atoms with van der Waals surface area (Å²) in [6.07, 6.45) is 35.9. The molecule has 0 aliphatic rings. The van der Waals surface area contributed by atoms with Crippen LogP contribution < -0.4 is 5.73 Å². The van der Waals surface area contributed by atoms with Gasteiger partial charge in [0.1, 0.15) is 12.6 Å². The van der Waals surface area contributed by atoms with Crippen LogP contribution in [0, 0.1) is 0 Å². The molecule has 0 saturated carbocycles. The van der Waals surface area contributed by atoms with Crippen LogP contribution in [0.15, 0.2) is 60.8 Å². The molecule has 334 valence electrons. The highest BCUT2D eigenvalue weighted by Gasteiger charge is 2.28. The summed E-state index contributed by atoms with van der Waals surface area (Å²) in [5.41, 5.74) is 5.32. The normalized spacial score (nSPS) is 15.4. The SMILES string of the molecule is CC/C=C\C/C=C\C/C=C\C/C=C\CCCCCCC(=O)O[C@H](COC(=O)CCCCCCC[C@@H](O)[C@H](O)C/C=C\CCCCC)COP(=O)(O)OC[C@H](N)C(=O)O. The number of unbranched alkanes of at least 4 members (excludes halogenated alkanes) is 11. The number of phosphoric ester groups is 1. The van der Waals surface area contributed by atoms with Gasteiger partial charge in [-0.05, 0) is 77.0 Å². The first-order valence-corrected chi connectivity index (χ1v) is 23.0. The topological polar surface area (TPSA) is 212 Å². The van der Waals surface area contributed by atoms with E-state index in [2.05, 4.69) is 73.1 Å². The predicted octanol–water partition coefficient (Wildman–Crippen LogP) is 9.11. The van der Waals surface area contributed by atoms with Crippen molar-refractivity contribution in [3.8, 4) is 0 Å². The van der Waals surface area contributed by atoms with E-state index in [9.17, 15) is 34.1 Å². The fourth-order valence-electron chi connectivity index (χ4n) is 5.43. The van der Waals surface area contributed by atoms with Crippen molar-refractivity contribution in [1.82, 2.24) is 0 Å². The third-order valence-corrected chi connectivity index (χ3v) is 9.90. The summed E-state index contributed by atoms with van der Waals surface area (Å²) >= 11 is 0. The monoisotopic (exact) mass is 842 g/mol. The number of carbonyl (C=O) groups is 3. The Hall–Kier alpha value is -2.90. The van der Waals surface area contributed by atoms with Crippen molar-refractivity contribution in [2.75, 3.05) is 19.8 Å². The Morgan fingerprint density at radius 3 is 1.76 bits per heavy atom. The number of esters is 2. The molecule has 5 atom stereocenters. The smallest absolute Gasteiger partial charge is 0.472 e. The third kappa shape index (κ3) is 36.2. The van der Waals surface area contributed by atoms with Crippen LogP contribution in [0.4, 0.5) is 0 Å². The van der Waals surface area contributed by atoms with Gasteiger partial charge in [0, 0.05) is 12.8 Å². The molecule has 0 aromatic rings. The summed E-state index contributed by atoms with van der Waals surface area (Å²) in [7, 11) is -4.76. The molecule has 0 aromatic carbocycles. The van der Waals surface area contributed by atoms with Gasteiger partial charge in [0.25, 0.3) is 0 Å². The van der Waals surface area contributed by atoms with Crippen LogP contribution in [0.5, 0.6) is 0 Å². The average Bonchev–Trinajstić information content (AvgIpc) is 3.19. The molecule has 0 heterocycles. The summed E-state index contributed by atoms with van der Waals surface area (Å²) in [6, 6.07) is -1.55. The second-order valence-electron chi connectivity index (χ2n) is 14.4. The minimum atomic E-state index is -4.76. The molecule has 0 radical (unpaired) electrons. The largest absolute Gasteiger partial charge is 0.480 e. The Bertz CT molecular complexity index is 1250. The summed E-state index contributed by atoms with van der Waals surface area (Å²) < 4.78 is 32.6. The third-order valence-electron chi connectivity index (χ3n) is 8.95. The number of carbonyl (C=O) groups excluding carboxylic acids is 2. The lowest BCUT2D eigenvalue weighted by Crippen LogP contribution is -2.34. The number of aliphatic carboxylic acids is 1. The van der Waals surface area contributed by atoms with Gasteiger partial charge >= 0.3 is 25.7 Å². The van der Waals surface area contributed by atoms with Crippen LogP contribution in [0.25, 0.3) is 0 Å². The zero-order valence-electron chi connectivity index (χ0n) is 35.3. The maximum Gasteiger partial charge on any atom is 0.472 e. The molecule has 13 nitrogen and oxygen atoms in total. The number of carboxylic acid groups (broad SMARTS) is 1. The lowest BCUT2D eigenvalue weighted by molar-refractivity contribution is -0.161. The molecule has 0 fully saturated rings. The molecule has 14 heteroatoms. The number of hydrogen-bond acceptors (Lipinski definition) is 11. The number of ether oxygens (including phenoxy) is 2. The van der Waals surface area contributed by atoms with Crippen molar-refractivity contribution in [3.63, 3.8) is 0 Å². The fourth-order valence-corrected chi connectivity index (χ4v) is 6.21. The highest BCUT2D eigenvalue weighted by Crippen LogP contribution is 2.43. The molecule has 6 N–H and O–H groups in total. The number of allylic oxidation sites excluding steroid dienone is 9. The van der Waals surface area contributed by atoms with Crippen LogP contribution in [-0.4, -0.2) is 82.3 Å². The van der Waals surface area contributed by atoms with Gasteiger partial charge < -0.3 is 35.4 Å². The van der Waals surface area contributed by atoms with Crippen molar-refractivity contribution in [2.24, 2.45) is 5.73 Å². The summed E-state index contributed by atoms with van der Waals surface area (Å²) in [5.74, 6) is -2.55. The second-order valence-corrected chi connectivity index (χ2v) is 15.9. The molecule has 0 aliphatic carbocycles. The fraction of sp³-hybridized carbons (Fsp3) is 0.705. The van der Waals surface area contributed by atoms with E-state index in [0.717, 1.165) is 96.3 Å². The highest BCUT2D eigenvalue weighted by atomic mass is 31.2.